The van der Waals surface area contributed by atoms with E-state index in [1.807, 2.05) is 13.8 Å². The Labute approximate surface area is 122 Å². The van der Waals surface area contributed by atoms with Gasteiger partial charge in [0.05, 0.1) is 17.6 Å². The van der Waals surface area contributed by atoms with Crippen molar-refractivity contribution in [3.63, 3.8) is 0 Å². The Balaban J connectivity index is 1.78. The highest BCUT2D eigenvalue weighted by molar-refractivity contribution is 5.72. The molecule has 7 heteroatoms. The summed E-state index contributed by atoms with van der Waals surface area (Å²) >= 11 is 0. The molecule has 0 amide bonds. The van der Waals surface area contributed by atoms with Crippen LogP contribution in [0.15, 0.2) is 24.3 Å². The predicted molar refractivity (Wildman–Crippen MR) is 72.9 cm³/mol. The number of nitro groups is 1. The maximum Gasteiger partial charge on any atom is 0.311 e. The third-order valence-corrected chi connectivity index (χ3v) is 3.02. The molecule has 1 aliphatic rings. The van der Waals surface area contributed by atoms with E-state index < -0.39 is 16.7 Å². The first kappa shape index (κ1) is 15.4. The van der Waals surface area contributed by atoms with Gasteiger partial charge in [-0.1, -0.05) is 0 Å². The highest BCUT2D eigenvalue weighted by Gasteiger charge is 2.32. The zero-order valence-corrected chi connectivity index (χ0v) is 11.9. The van der Waals surface area contributed by atoms with Gasteiger partial charge in [-0.05, 0) is 32.4 Å². The molecule has 1 atom stereocenters. The van der Waals surface area contributed by atoms with Crippen molar-refractivity contribution in [1.29, 1.82) is 0 Å². The fraction of sp³-hybridized carbons (Fsp3) is 0.500. The van der Waals surface area contributed by atoms with Gasteiger partial charge in [-0.15, -0.1) is 0 Å². The van der Waals surface area contributed by atoms with Crippen molar-refractivity contribution in [3.05, 3.63) is 34.4 Å². The molecule has 1 fully saturated rings. The standard InChI is InChI=1S/C14H17NO6/c1-14(2)19-9-12(21-14)7-8-13(16)20-11-5-3-10(4-6-11)15(17)18/h3-6,12H,7-9H2,1-2H3. The third-order valence-electron chi connectivity index (χ3n) is 3.02. The lowest BCUT2D eigenvalue weighted by Gasteiger charge is -2.16. The smallest absolute Gasteiger partial charge is 0.311 e. The maximum atomic E-state index is 11.7. The number of esters is 1. The minimum Gasteiger partial charge on any atom is -0.427 e. The molecule has 0 radical (unpaired) electrons. The number of nitrogens with zero attached hydrogens (tertiary/aromatic N) is 1. The Hall–Kier alpha value is -1.99. The Morgan fingerprint density at radius 2 is 2.10 bits per heavy atom. The van der Waals surface area contributed by atoms with Crippen LogP contribution in [0.3, 0.4) is 0 Å². The largest absolute Gasteiger partial charge is 0.427 e. The summed E-state index contributed by atoms with van der Waals surface area (Å²) in [6, 6.07) is 5.38. The molecule has 7 nitrogen and oxygen atoms in total. The molecule has 0 aromatic heterocycles. The number of hydrogen-bond acceptors (Lipinski definition) is 6. The topological polar surface area (TPSA) is 87.9 Å². The minimum atomic E-state index is -0.604. The highest BCUT2D eigenvalue weighted by atomic mass is 16.7. The van der Waals surface area contributed by atoms with Gasteiger partial charge >= 0.3 is 5.97 Å². The van der Waals surface area contributed by atoms with Crippen molar-refractivity contribution < 1.29 is 23.9 Å². The minimum absolute atomic E-state index is 0.0477. The lowest BCUT2D eigenvalue weighted by Crippen LogP contribution is -2.22. The van der Waals surface area contributed by atoms with E-state index in [9.17, 15) is 14.9 Å². The van der Waals surface area contributed by atoms with Crippen LogP contribution in [0.1, 0.15) is 26.7 Å². The first-order chi connectivity index (χ1) is 9.85. The molecule has 0 bridgehead atoms. The lowest BCUT2D eigenvalue weighted by atomic mass is 10.2. The van der Waals surface area contributed by atoms with E-state index in [4.69, 9.17) is 14.2 Å². The molecule has 1 aliphatic heterocycles. The Morgan fingerprint density at radius 1 is 1.43 bits per heavy atom. The van der Waals surface area contributed by atoms with Crippen LogP contribution in [0.5, 0.6) is 5.75 Å². The van der Waals surface area contributed by atoms with E-state index >= 15 is 0 Å². The number of benzene rings is 1. The fourth-order valence-electron chi connectivity index (χ4n) is 2.00. The average molecular weight is 295 g/mol. The van der Waals surface area contributed by atoms with Gasteiger partial charge in [0, 0.05) is 18.6 Å². The summed E-state index contributed by atoms with van der Waals surface area (Å²) in [5.41, 5.74) is -0.0477. The third kappa shape index (κ3) is 4.51. The molecule has 1 heterocycles. The molecule has 1 saturated heterocycles. The number of hydrogen-bond donors (Lipinski definition) is 0. The number of nitro benzene ring substituents is 1. The SMILES string of the molecule is CC1(C)OCC(CCC(=O)Oc2ccc([N+](=O)[O-])cc2)O1. The van der Waals surface area contributed by atoms with E-state index in [-0.39, 0.29) is 24.0 Å². The molecule has 1 aromatic rings. The van der Waals surface area contributed by atoms with Crippen molar-refractivity contribution >= 4 is 11.7 Å². The van der Waals surface area contributed by atoms with Gasteiger partial charge in [-0.2, -0.15) is 0 Å². The number of non-ortho nitro benzene ring substituents is 1. The van der Waals surface area contributed by atoms with Crippen LogP contribution in [0.4, 0.5) is 5.69 Å². The molecule has 1 aromatic carbocycles. The van der Waals surface area contributed by atoms with E-state index in [2.05, 4.69) is 0 Å². The van der Waals surface area contributed by atoms with Crippen molar-refractivity contribution in [2.75, 3.05) is 6.61 Å². The highest BCUT2D eigenvalue weighted by Crippen LogP contribution is 2.25. The zero-order chi connectivity index (χ0) is 15.5. The second-order valence-electron chi connectivity index (χ2n) is 5.21. The summed E-state index contributed by atoms with van der Waals surface area (Å²) in [6.07, 6.45) is 0.584. The number of ether oxygens (including phenoxy) is 3. The van der Waals surface area contributed by atoms with Gasteiger partial charge in [0.15, 0.2) is 5.79 Å². The Morgan fingerprint density at radius 3 is 2.62 bits per heavy atom. The van der Waals surface area contributed by atoms with E-state index in [1.165, 1.54) is 24.3 Å². The van der Waals surface area contributed by atoms with Crippen LogP contribution in [0, 0.1) is 10.1 Å². The molecule has 21 heavy (non-hydrogen) atoms. The normalized spacial score (nSPS) is 20.2. The van der Waals surface area contributed by atoms with Crippen molar-refractivity contribution in [1.82, 2.24) is 0 Å². The summed E-state index contributed by atoms with van der Waals surface area (Å²) < 4.78 is 16.1. The van der Waals surface area contributed by atoms with E-state index in [1.54, 1.807) is 0 Å². The van der Waals surface area contributed by atoms with E-state index in [0.29, 0.717) is 13.0 Å². The number of carbonyl (C=O) groups is 1. The van der Waals surface area contributed by atoms with Gasteiger partial charge in [0.1, 0.15) is 5.75 Å². The second-order valence-corrected chi connectivity index (χ2v) is 5.21. The molecule has 2 rings (SSSR count). The van der Waals surface area contributed by atoms with Crippen molar-refractivity contribution in [3.8, 4) is 5.75 Å². The molecule has 0 aliphatic carbocycles. The molecular formula is C14H17NO6. The summed E-state index contributed by atoms with van der Waals surface area (Å²) in [5, 5.41) is 10.5. The van der Waals surface area contributed by atoms with Gasteiger partial charge in [-0.3, -0.25) is 14.9 Å². The van der Waals surface area contributed by atoms with Crippen molar-refractivity contribution in [2.24, 2.45) is 0 Å². The second kappa shape index (κ2) is 6.19. The average Bonchev–Trinajstić information content (AvgIpc) is 2.77. The first-order valence-corrected chi connectivity index (χ1v) is 6.63. The molecular weight excluding hydrogens is 278 g/mol. The first-order valence-electron chi connectivity index (χ1n) is 6.63. The fourth-order valence-corrected chi connectivity index (χ4v) is 2.00. The zero-order valence-electron chi connectivity index (χ0n) is 11.9. The summed E-state index contributed by atoms with van der Waals surface area (Å²) in [6.45, 7) is 4.10. The molecule has 1 unspecified atom stereocenters. The van der Waals surface area contributed by atoms with E-state index in [0.717, 1.165) is 0 Å². The van der Waals surface area contributed by atoms with Gasteiger partial charge in [-0.25, -0.2) is 0 Å². The number of rotatable bonds is 5. The Kier molecular flexibility index (Phi) is 4.54. The predicted octanol–water partition coefficient (Wildman–Crippen LogP) is 2.43. The van der Waals surface area contributed by atoms with Crippen LogP contribution >= 0.6 is 0 Å². The van der Waals surface area contributed by atoms with Crippen LogP contribution in [0.25, 0.3) is 0 Å². The Bertz CT molecular complexity index is 525. The molecule has 0 spiro atoms. The molecule has 0 N–H and O–H groups in total. The van der Waals surface area contributed by atoms with Gasteiger partial charge in [0.2, 0.25) is 0 Å². The van der Waals surface area contributed by atoms with Crippen molar-refractivity contribution in [2.45, 2.75) is 38.6 Å². The van der Waals surface area contributed by atoms with Gasteiger partial charge < -0.3 is 14.2 Å². The molecule has 114 valence electrons. The van der Waals surface area contributed by atoms with Crippen LogP contribution in [0.2, 0.25) is 0 Å². The lowest BCUT2D eigenvalue weighted by molar-refractivity contribution is -0.384. The monoisotopic (exact) mass is 295 g/mol. The summed E-state index contributed by atoms with van der Waals surface area (Å²) in [4.78, 5) is 21.7. The van der Waals surface area contributed by atoms with Crippen LogP contribution in [-0.2, 0) is 14.3 Å². The van der Waals surface area contributed by atoms with Crippen LogP contribution < -0.4 is 4.74 Å². The summed E-state index contributed by atoms with van der Waals surface area (Å²) in [7, 11) is 0. The van der Waals surface area contributed by atoms with Gasteiger partial charge in [0.25, 0.3) is 5.69 Å². The maximum absolute atomic E-state index is 11.7. The van der Waals surface area contributed by atoms with Crippen LogP contribution in [-0.4, -0.2) is 29.4 Å². The summed E-state index contributed by atoms with van der Waals surface area (Å²) in [5.74, 6) is -0.723. The number of carbonyl (C=O) groups excluding carboxylic acids is 1. The quantitative estimate of drug-likeness (QED) is 0.359. The molecule has 0 saturated carbocycles.